The van der Waals surface area contributed by atoms with Crippen LogP contribution in [0.5, 0.6) is 0 Å². The zero-order chi connectivity index (χ0) is 13.8. The third-order valence-electron chi connectivity index (χ3n) is 2.12. The summed E-state index contributed by atoms with van der Waals surface area (Å²) in [5.41, 5.74) is 0.353. The molecule has 1 heterocycles. The van der Waals surface area contributed by atoms with Gasteiger partial charge in [-0.2, -0.15) is 15.0 Å². The third-order valence-corrected chi connectivity index (χ3v) is 2.62. The van der Waals surface area contributed by atoms with Gasteiger partial charge in [0, 0.05) is 6.54 Å². The number of aromatic nitrogens is 3. The van der Waals surface area contributed by atoms with Crippen LogP contribution in [-0.4, -0.2) is 21.5 Å². The van der Waals surface area contributed by atoms with Crippen LogP contribution in [0.4, 0.5) is 22.0 Å². The third kappa shape index (κ3) is 3.65. The molecular weight excluding hydrogens is 292 g/mol. The van der Waals surface area contributed by atoms with Gasteiger partial charge in [0.25, 0.3) is 0 Å². The van der Waals surface area contributed by atoms with E-state index in [1.807, 2.05) is 6.92 Å². The lowest BCUT2D eigenvalue weighted by molar-refractivity contribution is 0.628. The Morgan fingerprint density at radius 3 is 2.63 bits per heavy atom. The highest BCUT2D eigenvalue weighted by molar-refractivity contribution is 6.33. The molecule has 0 amide bonds. The minimum absolute atomic E-state index is 0.0287. The summed E-state index contributed by atoms with van der Waals surface area (Å²) in [7, 11) is 0. The van der Waals surface area contributed by atoms with Crippen molar-refractivity contribution >= 4 is 40.8 Å². The van der Waals surface area contributed by atoms with E-state index in [0.717, 1.165) is 0 Å². The lowest BCUT2D eigenvalue weighted by Gasteiger charge is -2.08. The molecule has 5 nitrogen and oxygen atoms in total. The number of nitrogens with zero attached hydrogens (tertiary/aromatic N) is 3. The Labute approximate surface area is 119 Å². The van der Waals surface area contributed by atoms with Crippen LogP contribution in [0.2, 0.25) is 10.3 Å². The number of hydrogen-bond acceptors (Lipinski definition) is 5. The topological polar surface area (TPSA) is 62.7 Å². The molecule has 0 bridgehead atoms. The zero-order valence-electron chi connectivity index (χ0n) is 9.91. The summed E-state index contributed by atoms with van der Waals surface area (Å²) in [6, 6.07) is 3.94. The SMILES string of the molecule is CCNc1nc(Cl)nc(Nc2cc(F)ccc2Cl)n1. The Morgan fingerprint density at radius 2 is 1.89 bits per heavy atom. The summed E-state index contributed by atoms with van der Waals surface area (Å²) in [4.78, 5) is 11.9. The molecule has 0 saturated heterocycles. The van der Waals surface area contributed by atoms with Crippen LogP contribution in [0.1, 0.15) is 6.92 Å². The Hall–Kier alpha value is -1.66. The van der Waals surface area contributed by atoms with Gasteiger partial charge in [-0.15, -0.1) is 0 Å². The number of rotatable bonds is 4. The number of anilines is 3. The molecule has 2 aromatic rings. The van der Waals surface area contributed by atoms with Gasteiger partial charge in [0.05, 0.1) is 10.7 Å². The van der Waals surface area contributed by atoms with E-state index < -0.39 is 5.82 Å². The summed E-state index contributed by atoms with van der Waals surface area (Å²) in [5.74, 6) is 0.0972. The second-order valence-electron chi connectivity index (χ2n) is 3.53. The van der Waals surface area contributed by atoms with Crippen molar-refractivity contribution in [3.63, 3.8) is 0 Å². The van der Waals surface area contributed by atoms with Gasteiger partial charge >= 0.3 is 0 Å². The van der Waals surface area contributed by atoms with Crippen LogP contribution in [0.15, 0.2) is 18.2 Å². The average molecular weight is 302 g/mol. The monoisotopic (exact) mass is 301 g/mol. The Morgan fingerprint density at radius 1 is 1.16 bits per heavy atom. The van der Waals surface area contributed by atoms with E-state index in [1.54, 1.807) is 0 Å². The van der Waals surface area contributed by atoms with Crippen molar-refractivity contribution in [1.82, 2.24) is 15.0 Å². The molecule has 0 atom stereocenters. The van der Waals surface area contributed by atoms with Gasteiger partial charge < -0.3 is 10.6 Å². The maximum atomic E-state index is 13.1. The van der Waals surface area contributed by atoms with E-state index in [1.165, 1.54) is 18.2 Å². The number of halogens is 3. The first-order valence-electron chi connectivity index (χ1n) is 5.46. The summed E-state index contributed by atoms with van der Waals surface area (Å²) in [6.45, 7) is 2.54. The van der Waals surface area contributed by atoms with Crippen LogP contribution in [0, 0.1) is 5.82 Å². The highest BCUT2D eigenvalue weighted by Gasteiger charge is 2.07. The first-order chi connectivity index (χ1) is 9.08. The molecule has 0 radical (unpaired) electrons. The van der Waals surface area contributed by atoms with Crippen LogP contribution >= 0.6 is 23.2 Å². The van der Waals surface area contributed by atoms with Gasteiger partial charge in [-0.05, 0) is 36.7 Å². The second kappa shape index (κ2) is 5.99. The molecule has 0 saturated carbocycles. The Bertz CT molecular complexity index is 593. The fraction of sp³-hybridized carbons (Fsp3) is 0.182. The standard InChI is InChI=1S/C11H10Cl2FN5/c1-2-15-10-17-9(13)18-11(19-10)16-8-5-6(14)3-4-7(8)12/h3-5H,2H2,1H3,(H2,15,16,17,18,19). The van der Waals surface area contributed by atoms with Crippen molar-refractivity contribution < 1.29 is 4.39 Å². The minimum Gasteiger partial charge on any atom is -0.354 e. The summed E-state index contributed by atoms with van der Waals surface area (Å²) in [6.07, 6.45) is 0. The number of nitrogens with one attached hydrogen (secondary N) is 2. The summed E-state index contributed by atoms with van der Waals surface area (Å²) >= 11 is 11.7. The van der Waals surface area contributed by atoms with Gasteiger partial charge in [-0.25, -0.2) is 4.39 Å². The van der Waals surface area contributed by atoms with Crippen molar-refractivity contribution in [2.24, 2.45) is 0 Å². The lowest BCUT2D eigenvalue weighted by Crippen LogP contribution is -2.06. The van der Waals surface area contributed by atoms with Crippen molar-refractivity contribution in [2.45, 2.75) is 6.92 Å². The molecule has 0 aliphatic rings. The maximum Gasteiger partial charge on any atom is 0.233 e. The van der Waals surface area contributed by atoms with E-state index in [-0.39, 0.29) is 11.2 Å². The van der Waals surface area contributed by atoms with E-state index in [0.29, 0.717) is 23.2 Å². The molecule has 0 aliphatic carbocycles. The highest BCUT2D eigenvalue weighted by Crippen LogP contribution is 2.25. The predicted octanol–water partition coefficient (Wildman–Crippen LogP) is 3.49. The van der Waals surface area contributed by atoms with Crippen LogP contribution < -0.4 is 10.6 Å². The summed E-state index contributed by atoms with van der Waals surface area (Å²) in [5, 5.41) is 6.08. The molecule has 0 spiro atoms. The van der Waals surface area contributed by atoms with Crippen molar-refractivity contribution in [3.05, 3.63) is 34.3 Å². The molecule has 0 aliphatic heterocycles. The molecule has 1 aromatic heterocycles. The van der Waals surface area contributed by atoms with Crippen molar-refractivity contribution in [1.29, 1.82) is 0 Å². The number of benzene rings is 1. The molecule has 19 heavy (non-hydrogen) atoms. The zero-order valence-corrected chi connectivity index (χ0v) is 11.4. The highest BCUT2D eigenvalue weighted by atomic mass is 35.5. The van der Waals surface area contributed by atoms with E-state index >= 15 is 0 Å². The molecular formula is C11H10Cl2FN5. The van der Waals surface area contributed by atoms with Gasteiger partial charge in [0.2, 0.25) is 17.2 Å². The largest absolute Gasteiger partial charge is 0.354 e. The van der Waals surface area contributed by atoms with Crippen LogP contribution in [-0.2, 0) is 0 Å². The average Bonchev–Trinajstić information content (AvgIpc) is 2.33. The van der Waals surface area contributed by atoms with Crippen molar-refractivity contribution in [3.8, 4) is 0 Å². The first kappa shape index (κ1) is 13.8. The van der Waals surface area contributed by atoms with Crippen molar-refractivity contribution in [2.75, 3.05) is 17.2 Å². The molecule has 100 valence electrons. The van der Waals surface area contributed by atoms with Gasteiger partial charge in [0.1, 0.15) is 5.82 Å². The first-order valence-corrected chi connectivity index (χ1v) is 6.21. The minimum atomic E-state index is -0.418. The van der Waals surface area contributed by atoms with Gasteiger partial charge in [0.15, 0.2) is 0 Å². The fourth-order valence-corrected chi connectivity index (χ4v) is 1.68. The quantitative estimate of drug-likeness (QED) is 0.905. The maximum absolute atomic E-state index is 13.1. The molecule has 2 N–H and O–H groups in total. The van der Waals surface area contributed by atoms with E-state index in [9.17, 15) is 4.39 Å². The molecule has 0 fully saturated rings. The molecule has 8 heteroatoms. The Kier molecular flexibility index (Phi) is 4.34. The molecule has 1 aromatic carbocycles. The Balaban J connectivity index is 2.29. The second-order valence-corrected chi connectivity index (χ2v) is 4.28. The van der Waals surface area contributed by atoms with Gasteiger partial charge in [-0.3, -0.25) is 0 Å². The van der Waals surface area contributed by atoms with Crippen LogP contribution in [0.3, 0.4) is 0 Å². The van der Waals surface area contributed by atoms with Crippen LogP contribution in [0.25, 0.3) is 0 Å². The molecule has 2 rings (SSSR count). The van der Waals surface area contributed by atoms with E-state index in [4.69, 9.17) is 23.2 Å². The lowest BCUT2D eigenvalue weighted by atomic mass is 10.3. The fourth-order valence-electron chi connectivity index (χ4n) is 1.36. The number of hydrogen-bond donors (Lipinski definition) is 2. The summed E-state index contributed by atoms with van der Waals surface area (Å²) < 4.78 is 13.1. The van der Waals surface area contributed by atoms with Gasteiger partial charge in [-0.1, -0.05) is 11.6 Å². The predicted molar refractivity (Wildman–Crippen MR) is 73.7 cm³/mol. The van der Waals surface area contributed by atoms with E-state index in [2.05, 4.69) is 25.6 Å². The molecule has 0 unspecified atom stereocenters. The smallest absolute Gasteiger partial charge is 0.233 e. The normalized spacial score (nSPS) is 10.3.